The zero-order chi connectivity index (χ0) is 13.0. The van der Waals surface area contributed by atoms with E-state index in [-0.39, 0.29) is 12.2 Å². The Labute approximate surface area is 104 Å². The second-order valence-corrected chi connectivity index (χ2v) is 3.79. The molecule has 2 aromatic heterocycles. The fraction of sp³-hybridized carbons (Fsp3) is 0.333. The zero-order valence-corrected chi connectivity index (χ0v) is 10.00. The number of carboxylic acid groups (broad SMARTS) is 1. The highest BCUT2D eigenvalue weighted by Crippen LogP contribution is 2.15. The summed E-state index contributed by atoms with van der Waals surface area (Å²) in [5.74, 6) is -0.133. The van der Waals surface area contributed by atoms with E-state index in [1.165, 1.54) is 12.3 Å². The first-order valence-corrected chi connectivity index (χ1v) is 5.65. The van der Waals surface area contributed by atoms with Crippen molar-refractivity contribution in [2.24, 2.45) is 0 Å². The van der Waals surface area contributed by atoms with Gasteiger partial charge < -0.3 is 14.3 Å². The zero-order valence-electron chi connectivity index (χ0n) is 10.00. The largest absolute Gasteiger partial charge is 0.482 e. The lowest BCUT2D eigenvalue weighted by Crippen LogP contribution is -2.02. The normalized spacial score (nSPS) is 10.5. The van der Waals surface area contributed by atoms with E-state index in [0.717, 1.165) is 13.0 Å². The molecule has 0 saturated carbocycles. The Bertz CT molecular complexity index is 530. The Hall–Kier alpha value is -2.24. The van der Waals surface area contributed by atoms with Gasteiger partial charge in [-0.1, -0.05) is 6.92 Å². The Balaban J connectivity index is 1.98. The average molecular weight is 250 g/mol. The van der Waals surface area contributed by atoms with Gasteiger partial charge in [-0.05, 0) is 12.5 Å². The molecule has 0 unspecified atom stereocenters. The summed E-state index contributed by atoms with van der Waals surface area (Å²) >= 11 is 0. The standard InChI is InChI=1S/C12H14N2O4/c1-2-4-14-7-9(6-13-14)18-8-11-10(12(15)16)3-5-17-11/h3,5-7H,2,4,8H2,1H3,(H,15,16). The SMILES string of the molecule is CCCn1cc(OCc2occc2C(=O)O)cn1. The van der Waals surface area contributed by atoms with Gasteiger partial charge >= 0.3 is 5.97 Å². The molecule has 2 aromatic rings. The Morgan fingerprint density at radius 3 is 3.17 bits per heavy atom. The molecule has 0 radical (unpaired) electrons. The van der Waals surface area contributed by atoms with Crippen LogP contribution in [0.4, 0.5) is 0 Å². The molecule has 0 fully saturated rings. The topological polar surface area (TPSA) is 77.5 Å². The lowest BCUT2D eigenvalue weighted by molar-refractivity contribution is 0.0692. The molecular formula is C12H14N2O4. The van der Waals surface area contributed by atoms with E-state index in [9.17, 15) is 4.79 Å². The fourth-order valence-corrected chi connectivity index (χ4v) is 1.56. The van der Waals surface area contributed by atoms with Crippen LogP contribution in [-0.4, -0.2) is 20.9 Å². The van der Waals surface area contributed by atoms with Gasteiger partial charge in [0.2, 0.25) is 0 Å². The highest BCUT2D eigenvalue weighted by Gasteiger charge is 2.13. The maximum Gasteiger partial charge on any atom is 0.339 e. The number of hydrogen-bond acceptors (Lipinski definition) is 4. The number of aromatic carboxylic acids is 1. The van der Waals surface area contributed by atoms with E-state index in [2.05, 4.69) is 12.0 Å². The predicted octanol–water partition coefficient (Wildman–Crippen LogP) is 2.16. The van der Waals surface area contributed by atoms with Crippen LogP contribution in [0.3, 0.4) is 0 Å². The van der Waals surface area contributed by atoms with Crippen LogP contribution in [0.15, 0.2) is 29.1 Å². The Morgan fingerprint density at radius 1 is 1.61 bits per heavy atom. The van der Waals surface area contributed by atoms with Crippen LogP contribution >= 0.6 is 0 Å². The highest BCUT2D eigenvalue weighted by molar-refractivity contribution is 5.88. The average Bonchev–Trinajstić information content (AvgIpc) is 2.95. The lowest BCUT2D eigenvalue weighted by Gasteiger charge is -2.01. The van der Waals surface area contributed by atoms with E-state index < -0.39 is 5.97 Å². The Kier molecular flexibility index (Phi) is 3.66. The number of furan rings is 1. The number of carbonyl (C=O) groups is 1. The van der Waals surface area contributed by atoms with E-state index in [1.54, 1.807) is 17.1 Å². The number of rotatable bonds is 6. The fourth-order valence-electron chi connectivity index (χ4n) is 1.56. The van der Waals surface area contributed by atoms with Gasteiger partial charge in [-0.15, -0.1) is 0 Å². The molecule has 0 atom stereocenters. The monoisotopic (exact) mass is 250 g/mol. The molecule has 0 amide bonds. The van der Waals surface area contributed by atoms with Crippen molar-refractivity contribution in [2.45, 2.75) is 26.5 Å². The number of aromatic nitrogens is 2. The van der Waals surface area contributed by atoms with Crippen molar-refractivity contribution in [3.63, 3.8) is 0 Å². The molecule has 6 nitrogen and oxygen atoms in total. The summed E-state index contributed by atoms with van der Waals surface area (Å²) in [5, 5.41) is 13.0. The van der Waals surface area contributed by atoms with Crippen LogP contribution in [0.1, 0.15) is 29.5 Å². The maximum atomic E-state index is 10.9. The Morgan fingerprint density at radius 2 is 2.44 bits per heavy atom. The van der Waals surface area contributed by atoms with Gasteiger partial charge in [0.05, 0.1) is 18.7 Å². The van der Waals surface area contributed by atoms with Crippen LogP contribution < -0.4 is 4.74 Å². The molecule has 2 heterocycles. The summed E-state index contributed by atoms with van der Waals surface area (Å²) in [6, 6.07) is 1.40. The molecular weight excluding hydrogens is 236 g/mol. The molecule has 6 heteroatoms. The van der Waals surface area contributed by atoms with Gasteiger partial charge in [-0.2, -0.15) is 5.10 Å². The molecule has 1 N–H and O–H groups in total. The second kappa shape index (κ2) is 5.39. The van der Waals surface area contributed by atoms with Crippen molar-refractivity contribution in [1.29, 1.82) is 0 Å². The summed E-state index contributed by atoms with van der Waals surface area (Å²) in [5.41, 5.74) is 0.121. The lowest BCUT2D eigenvalue weighted by atomic mass is 10.2. The molecule has 0 bridgehead atoms. The van der Waals surface area contributed by atoms with Crippen molar-refractivity contribution < 1.29 is 19.1 Å². The molecule has 0 aliphatic rings. The second-order valence-electron chi connectivity index (χ2n) is 3.79. The van der Waals surface area contributed by atoms with Crippen molar-refractivity contribution in [1.82, 2.24) is 9.78 Å². The third kappa shape index (κ3) is 2.71. The first-order chi connectivity index (χ1) is 8.70. The first kappa shape index (κ1) is 12.2. The molecule has 18 heavy (non-hydrogen) atoms. The predicted molar refractivity (Wildman–Crippen MR) is 62.5 cm³/mol. The summed E-state index contributed by atoms with van der Waals surface area (Å²) in [7, 11) is 0. The first-order valence-electron chi connectivity index (χ1n) is 5.65. The third-order valence-electron chi connectivity index (χ3n) is 2.41. The van der Waals surface area contributed by atoms with Crippen LogP contribution in [0.25, 0.3) is 0 Å². The summed E-state index contributed by atoms with van der Waals surface area (Å²) in [4.78, 5) is 10.9. The third-order valence-corrected chi connectivity index (χ3v) is 2.41. The van der Waals surface area contributed by atoms with E-state index in [0.29, 0.717) is 11.5 Å². The van der Waals surface area contributed by atoms with Gasteiger partial charge in [0.15, 0.2) is 11.5 Å². The molecule has 0 aliphatic carbocycles. The summed E-state index contributed by atoms with van der Waals surface area (Å²) in [6.07, 6.45) is 5.69. The molecule has 0 saturated heterocycles. The van der Waals surface area contributed by atoms with Gasteiger partial charge in [0.1, 0.15) is 12.2 Å². The van der Waals surface area contributed by atoms with Crippen LogP contribution in [-0.2, 0) is 13.2 Å². The van der Waals surface area contributed by atoms with Gasteiger partial charge in [0.25, 0.3) is 0 Å². The van der Waals surface area contributed by atoms with Crippen LogP contribution in [0.5, 0.6) is 5.75 Å². The minimum Gasteiger partial charge on any atom is -0.482 e. The smallest absolute Gasteiger partial charge is 0.339 e. The maximum absolute atomic E-state index is 10.9. The molecule has 96 valence electrons. The number of carboxylic acids is 1. The van der Waals surface area contributed by atoms with Crippen molar-refractivity contribution >= 4 is 5.97 Å². The van der Waals surface area contributed by atoms with Gasteiger partial charge in [-0.25, -0.2) is 4.79 Å². The minimum atomic E-state index is -1.02. The van der Waals surface area contributed by atoms with E-state index >= 15 is 0 Å². The summed E-state index contributed by atoms with van der Waals surface area (Å²) < 4.78 is 12.3. The minimum absolute atomic E-state index is 0.0758. The van der Waals surface area contributed by atoms with Crippen molar-refractivity contribution in [2.75, 3.05) is 0 Å². The van der Waals surface area contributed by atoms with Crippen LogP contribution in [0.2, 0.25) is 0 Å². The highest BCUT2D eigenvalue weighted by atomic mass is 16.5. The molecule has 0 aromatic carbocycles. The number of hydrogen-bond donors (Lipinski definition) is 1. The molecule has 0 aliphatic heterocycles. The summed E-state index contributed by atoms with van der Waals surface area (Å²) in [6.45, 7) is 2.96. The van der Waals surface area contributed by atoms with Crippen molar-refractivity contribution in [3.8, 4) is 5.75 Å². The quantitative estimate of drug-likeness (QED) is 0.850. The van der Waals surface area contributed by atoms with Crippen LogP contribution in [0, 0.1) is 0 Å². The van der Waals surface area contributed by atoms with Crippen molar-refractivity contribution in [3.05, 3.63) is 36.0 Å². The van der Waals surface area contributed by atoms with Gasteiger partial charge in [-0.3, -0.25) is 4.68 Å². The van der Waals surface area contributed by atoms with Gasteiger partial charge in [0, 0.05) is 6.54 Å². The van der Waals surface area contributed by atoms with E-state index in [1.807, 2.05) is 0 Å². The molecule has 0 spiro atoms. The molecule has 2 rings (SSSR count). The number of ether oxygens (including phenoxy) is 1. The number of nitrogens with zero attached hydrogens (tertiary/aromatic N) is 2. The number of aryl methyl sites for hydroxylation is 1. The van der Waals surface area contributed by atoms with E-state index in [4.69, 9.17) is 14.3 Å².